The molecule has 0 saturated carbocycles. The molecule has 8 nitrogen and oxygen atoms in total. The van der Waals surface area contributed by atoms with Gasteiger partial charge in [0, 0.05) is 24.9 Å². The molecule has 0 radical (unpaired) electrons. The van der Waals surface area contributed by atoms with E-state index in [9.17, 15) is 9.59 Å². The van der Waals surface area contributed by atoms with Crippen molar-refractivity contribution in [2.24, 2.45) is 0 Å². The third kappa shape index (κ3) is 5.48. The first kappa shape index (κ1) is 22.7. The molecule has 1 aliphatic rings. The largest absolute Gasteiger partial charge is 0.496 e. The molecule has 160 valence electrons. The number of carbonyl (C=O) groups is 2. The van der Waals surface area contributed by atoms with Crippen LogP contribution in [0.2, 0.25) is 0 Å². The van der Waals surface area contributed by atoms with E-state index in [0.29, 0.717) is 30.2 Å². The fraction of sp³-hybridized carbons (Fsp3) is 0.524. The first-order chi connectivity index (χ1) is 14.0. The summed E-state index contributed by atoms with van der Waals surface area (Å²) in [5, 5.41) is 5.66. The van der Waals surface area contributed by atoms with Gasteiger partial charge in [-0.3, -0.25) is 4.90 Å². The third-order valence-electron chi connectivity index (χ3n) is 4.86. The van der Waals surface area contributed by atoms with Crippen molar-refractivity contribution in [1.82, 2.24) is 15.5 Å². The van der Waals surface area contributed by atoms with Crippen molar-refractivity contribution in [3.8, 4) is 5.75 Å². The fourth-order valence-electron chi connectivity index (χ4n) is 3.36. The van der Waals surface area contributed by atoms with Crippen molar-refractivity contribution in [3.05, 3.63) is 40.6 Å². The van der Waals surface area contributed by atoms with Gasteiger partial charge in [0.2, 0.25) is 0 Å². The second-order valence-corrected chi connectivity index (χ2v) is 6.61. The van der Waals surface area contributed by atoms with Gasteiger partial charge in [0.25, 0.3) is 0 Å². The van der Waals surface area contributed by atoms with Crippen LogP contribution in [-0.2, 0) is 20.9 Å². The molecule has 0 saturated heterocycles. The van der Waals surface area contributed by atoms with Crippen LogP contribution in [0, 0.1) is 0 Å². The van der Waals surface area contributed by atoms with Crippen LogP contribution in [-0.4, -0.2) is 57.4 Å². The number of nitrogens with zero attached hydrogens (tertiary/aromatic N) is 1. The highest BCUT2D eigenvalue weighted by Gasteiger charge is 2.34. The van der Waals surface area contributed by atoms with Gasteiger partial charge in [-0.25, -0.2) is 9.59 Å². The lowest BCUT2D eigenvalue weighted by Gasteiger charge is -2.32. The van der Waals surface area contributed by atoms with Crippen LogP contribution in [0.15, 0.2) is 29.5 Å². The minimum Gasteiger partial charge on any atom is -0.496 e. The monoisotopic (exact) mass is 405 g/mol. The molecule has 0 bridgehead atoms. The van der Waals surface area contributed by atoms with Crippen molar-refractivity contribution in [2.45, 2.75) is 33.4 Å². The molecule has 8 heteroatoms. The third-order valence-corrected chi connectivity index (χ3v) is 4.86. The van der Waals surface area contributed by atoms with Crippen LogP contribution in [0.1, 0.15) is 37.9 Å². The molecule has 0 aliphatic carbocycles. The average Bonchev–Trinajstić information content (AvgIpc) is 2.71. The molecule has 2 rings (SSSR count). The van der Waals surface area contributed by atoms with Gasteiger partial charge in [-0.15, -0.1) is 0 Å². The van der Waals surface area contributed by atoms with Crippen LogP contribution in [0.5, 0.6) is 5.75 Å². The Labute approximate surface area is 172 Å². The minimum atomic E-state index is -0.630. The molecular formula is C21H31N3O5. The number of hydrogen-bond acceptors (Lipinski definition) is 6. The standard InChI is InChI=1S/C21H31N3O5/c1-6-24(7-2)12-16-18(20(25)29-8-3)19(23-21(26)22-16)14-9-10-17(28-5)15(11-14)13-27-4/h9-11,19H,6-8,12-13H2,1-5H3,(H2,22,23,26). The lowest BCUT2D eigenvalue weighted by atomic mass is 9.93. The van der Waals surface area contributed by atoms with Crippen molar-refractivity contribution in [1.29, 1.82) is 0 Å². The second kappa shape index (κ2) is 10.8. The molecule has 1 aliphatic heterocycles. The molecule has 0 fully saturated rings. The number of rotatable bonds is 10. The van der Waals surface area contributed by atoms with Crippen molar-refractivity contribution < 1.29 is 23.8 Å². The van der Waals surface area contributed by atoms with Crippen molar-refractivity contribution in [2.75, 3.05) is 40.5 Å². The lowest BCUT2D eigenvalue weighted by molar-refractivity contribution is -0.139. The summed E-state index contributed by atoms with van der Waals surface area (Å²) < 4.78 is 16.0. The van der Waals surface area contributed by atoms with E-state index in [1.165, 1.54) is 0 Å². The van der Waals surface area contributed by atoms with Gasteiger partial charge in [-0.1, -0.05) is 19.9 Å². The Bertz CT molecular complexity index is 759. The summed E-state index contributed by atoms with van der Waals surface area (Å²) >= 11 is 0. The van der Waals surface area contributed by atoms with E-state index in [1.54, 1.807) is 21.1 Å². The van der Waals surface area contributed by atoms with Gasteiger partial charge in [0.1, 0.15) is 5.75 Å². The van der Waals surface area contributed by atoms with E-state index < -0.39 is 12.0 Å². The molecule has 0 aromatic heterocycles. The summed E-state index contributed by atoms with van der Waals surface area (Å²) in [6.45, 7) is 8.47. The minimum absolute atomic E-state index is 0.249. The first-order valence-electron chi connectivity index (χ1n) is 9.84. The van der Waals surface area contributed by atoms with Crippen molar-refractivity contribution in [3.63, 3.8) is 0 Å². The van der Waals surface area contributed by atoms with Crippen LogP contribution >= 0.6 is 0 Å². The number of hydrogen-bond donors (Lipinski definition) is 2. The number of methoxy groups -OCH3 is 2. The predicted octanol–water partition coefficient (Wildman–Crippen LogP) is 2.35. The summed E-state index contributed by atoms with van der Waals surface area (Å²) in [7, 11) is 3.19. The molecule has 1 aromatic carbocycles. The average molecular weight is 405 g/mol. The molecule has 0 spiro atoms. The first-order valence-corrected chi connectivity index (χ1v) is 9.84. The van der Waals surface area contributed by atoms with Gasteiger partial charge >= 0.3 is 12.0 Å². The maximum absolute atomic E-state index is 12.9. The normalized spacial score (nSPS) is 16.5. The number of urea groups is 1. The Balaban J connectivity index is 2.55. The van der Waals surface area contributed by atoms with E-state index >= 15 is 0 Å². The molecule has 2 N–H and O–H groups in total. The van der Waals surface area contributed by atoms with Gasteiger partial charge in [-0.05, 0) is 37.7 Å². The lowest BCUT2D eigenvalue weighted by Crippen LogP contribution is -2.48. The number of benzene rings is 1. The molecular weight excluding hydrogens is 374 g/mol. The topological polar surface area (TPSA) is 89.1 Å². The van der Waals surface area contributed by atoms with E-state index in [-0.39, 0.29) is 12.6 Å². The summed E-state index contributed by atoms with van der Waals surface area (Å²) in [5.41, 5.74) is 2.55. The van der Waals surface area contributed by atoms with Gasteiger partial charge in [-0.2, -0.15) is 0 Å². The quantitative estimate of drug-likeness (QED) is 0.581. The highest BCUT2D eigenvalue weighted by molar-refractivity contribution is 5.95. The Morgan fingerprint density at radius 1 is 1.17 bits per heavy atom. The van der Waals surface area contributed by atoms with E-state index in [4.69, 9.17) is 14.2 Å². The second-order valence-electron chi connectivity index (χ2n) is 6.61. The van der Waals surface area contributed by atoms with Crippen LogP contribution in [0.25, 0.3) is 0 Å². The number of ether oxygens (including phenoxy) is 3. The van der Waals surface area contributed by atoms with Gasteiger partial charge in [0.15, 0.2) is 0 Å². The maximum Gasteiger partial charge on any atom is 0.338 e. The predicted molar refractivity (Wildman–Crippen MR) is 110 cm³/mol. The number of amides is 2. The Morgan fingerprint density at radius 2 is 1.90 bits per heavy atom. The van der Waals surface area contributed by atoms with Crippen LogP contribution in [0.4, 0.5) is 4.79 Å². The number of esters is 1. The molecule has 1 aromatic rings. The number of nitrogens with one attached hydrogen (secondary N) is 2. The summed E-state index contributed by atoms with van der Waals surface area (Å²) in [5.74, 6) is 0.233. The fourth-order valence-corrected chi connectivity index (χ4v) is 3.36. The van der Waals surface area contributed by atoms with Gasteiger partial charge < -0.3 is 24.8 Å². The molecule has 2 amide bonds. The SMILES string of the molecule is CCOC(=O)C1=C(CN(CC)CC)NC(=O)NC1c1ccc(OC)c(COC)c1. The van der Waals surface area contributed by atoms with Crippen LogP contribution < -0.4 is 15.4 Å². The van der Waals surface area contributed by atoms with Crippen LogP contribution in [0.3, 0.4) is 0 Å². The van der Waals surface area contributed by atoms with E-state index in [0.717, 1.165) is 24.2 Å². The molecule has 29 heavy (non-hydrogen) atoms. The Morgan fingerprint density at radius 3 is 2.48 bits per heavy atom. The van der Waals surface area contributed by atoms with E-state index in [1.807, 2.05) is 32.0 Å². The highest BCUT2D eigenvalue weighted by Crippen LogP contribution is 2.31. The number of carbonyl (C=O) groups excluding carboxylic acids is 2. The molecule has 1 heterocycles. The molecule has 1 unspecified atom stereocenters. The highest BCUT2D eigenvalue weighted by atomic mass is 16.5. The van der Waals surface area contributed by atoms with Gasteiger partial charge in [0.05, 0.1) is 31.9 Å². The molecule has 1 atom stereocenters. The maximum atomic E-state index is 12.9. The summed E-state index contributed by atoms with van der Waals surface area (Å²) in [6.07, 6.45) is 0. The smallest absolute Gasteiger partial charge is 0.338 e. The summed E-state index contributed by atoms with van der Waals surface area (Å²) in [6, 6.07) is 4.55. The Kier molecular flexibility index (Phi) is 8.48. The zero-order chi connectivity index (χ0) is 21.4. The van der Waals surface area contributed by atoms with E-state index in [2.05, 4.69) is 15.5 Å². The zero-order valence-corrected chi connectivity index (χ0v) is 17.8. The summed E-state index contributed by atoms with van der Waals surface area (Å²) in [4.78, 5) is 27.4. The van der Waals surface area contributed by atoms with Crippen molar-refractivity contribution >= 4 is 12.0 Å². The number of likely N-dealkylation sites (N-methyl/N-ethyl adjacent to an activating group) is 1. The zero-order valence-electron chi connectivity index (χ0n) is 17.8. The Hall–Kier alpha value is -2.58.